The molecule has 0 aliphatic carbocycles. The van der Waals surface area contributed by atoms with Gasteiger partial charge in [-0.15, -0.1) is 0 Å². The molecule has 1 saturated heterocycles. The summed E-state index contributed by atoms with van der Waals surface area (Å²) in [6, 6.07) is 0.443. The van der Waals surface area contributed by atoms with E-state index >= 15 is 0 Å². The van der Waals surface area contributed by atoms with E-state index in [1.807, 2.05) is 26.0 Å². The fraction of sp³-hybridized carbons (Fsp3) is 0.750. The van der Waals surface area contributed by atoms with Crippen molar-refractivity contribution in [2.75, 3.05) is 56.8 Å². The largest absolute Gasteiger partial charge is 0.357 e. The van der Waals surface area contributed by atoms with Gasteiger partial charge in [0.15, 0.2) is 0 Å². The van der Waals surface area contributed by atoms with Gasteiger partial charge < -0.3 is 20.4 Å². The molecular weight excluding hydrogens is 242 g/mol. The highest BCUT2D eigenvalue weighted by Gasteiger charge is 2.18. The zero-order valence-corrected chi connectivity index (χ0v) is 12.1. The minimum atomic E-state index is 0.443. The van der Waals surface area contributed by atoms with E-state index in [0.717, 1.165) is 25.9 Å². The summed E-state index contributed by atoms with van der Waals surface area (Å²) in [7, 11) is 7.82. The molecule has 2 N–H and O–H groups in total. The standard InChI is InChI=1S/C12H23N7/c1-13-10-15-11(17-12(16-10)18(2)3)14-9-5-7-19(4)8-6-9/h9H,5-8H2,1-4H3,(H2,13,14,15,16,17). The number of nitrogens with one attached hydrogen (secondary N) is 2. The molecule has 1 aliphatic rings. The van der Waals surface area contributed by atoms with E-state index in [1.54, 1.807) is 0 Å². The summed E-state index contributed by atoms with van der Waals surface area (Å²) >= 11 is 0. The van der Waals surface area contributed by atoms with Gasteiger partial charge in [0, 0.05) is 27.2 Å². The van der Waals surface area contributed by atoms with Crippen molar-refractivity contribution in [2.45, 2.75) is 18.9 Å². The van der Waals surface area contributed by atoms with Crippen LogP contribution >= 0.6 is 0 Å². The molecule has 1 fully saturated rings. The first-order valence-corrected chi connectivity index (χ1v) is 6.64. The van der Waals surface area contributed by atoms with E-state index in [1.165, 1.54) is 0 Å². The number of hydrogen-bond donors (Lipinski definition) is 2. The minimum Gasteiger partial charge on any atom is -0.357 e. The highest BCUT2D eigenvalue weighted by atomic mass is 15.3. The molecule has 2 heterocycles. The predicted octanol–water partition coefficient (Wildman–Crippen LogP) is 0.485. The Morgan fingerprint density at radius 2 is 1.74 bits per heavy atom. The number of anilines is 3. The molecule has 2 rings (SSSR count). The number of hydrogen-bond acceptors (Lipinski definition) is 7. The number of likely N-dealkylation sites (tertiary alicyclic amines) is 1. The number of nitrogens with zero attached hydrogens (tertiary/aromatic N) is 5. The Hall–Kier alpha value is -1.63. The third kappa shape index (κ3) is 3.66. The van der Waals surface area contributed by atoms with E-state index in [2.05, 4.69) is 37.5 Å². The van der Waals surface area contributed by atoms with Crippen LogP contribution in [-0.4, -0.2) is 67.2 Å². The van der Waals surface area contributed by atoms with E-state index < -0.39 is 0 Å². The number of rotatable bonds is 4. The van der Waals surface area contributed by atoms with Crippen molar-refractivity contribution >= 4 is 17.8 Å². The zero-order chi connectivity index (χ0) is 13.8. The average Bonchev–Trinajstić information content (AvgIpc) is 2.41. The molecule has 1 aliphatic heterocycles. The predicted molar refractivity (Wildman–Crippen MR) is 77.8 cm³/mol. The SMILES string of the molecule is CNc1nc(NC2CCN(C)CC2)nc(N(C)C)n1. The molecule has 106 valence electrons. The second-order valence-corrected chi connectivity index (χ2v) is 5.15. The molecule has 0 aromatic carbocycles. The highest BCUT2D eigenvalue weighted by molar-refractivity contribution is 5.43. The maximum atomic E-state index is 4.43. The van der Waals surface area contributed by atoms with Gasteiger partial charge >= 0.3 is 0 Å². The van der Waals surface area contributed by atoms with Gasteiger partial charge in [-0.05, 0) is 33.0 Å². The Bertz CT molecular complexity index is 413. The lowest BCUT2D eigenvalue weighted by molar-refractivity contribution is 0.263. The lowest BCUT2D eigenvalue weighted by atomic mass is 10.1. The van der Waals surface area contributed by atoms with Gasteiger partial charge in [0.2, 0.25) is 17.8 Å². The van der Waals surface area contributed by atoms with Crippen molar-refractivity contribution < 1.29 is 0 Å². The minimum absolute atomic E-state index is 0.443. The molecule has 7 nitrogen and oxygen atoms in total. The van der Waals surface area contributed by atoms with Crippen LogP contribution in [0.1, 0.15) is 12.8 Å². The average molecular weight is 265 g/mol. The van der Waals surface area contributed by atoms with Crippen molar-refractivity contribution in [2.24, 2.45) is 0 Å². The Morgan fingerprint density at radius 1 is 1.11 bits per heavy atom. The van der Waals surface area contributed by atoms with Crippen molar-refractivity contribution in [3.05, 3.63) is 0 Å². The molecule has 0 radical (unpaired) electrons. The molecule has 0 spiro atoms. The van der Waals surface area contributed by atoms with Crippen molar-refractivity contribution in [1.82, 2.24) is 19.9 Å². The van der Waals surface area contributed by atoms with Crippen molar-refractivity contribution in [1.29, 1.82) is 0 Å². The van der Waals surface area contributed by atoms with Crippen molar-refractivity contribution in [3.8, 4) is 0 Å². The third-order valence-electron chi connectivity index (χ3n) is 3.30. The maximum Gasteiger partial charge on any atom is 0.231 e. The Morgan fingerprint density at radius 3 is 2.32 bits per heavy atom. The summed E-state index contributed by atoms with van der Waals surface area (Å²) in [5.74, 6) is 1.90. The van der Waals surface area contributed by atoms with Crippen LogP contribution < -0.4 is 15.5 Å². The quantitative estimate of drug-likeness (QED) is 0.821. The molecule has 0 saturated carbocycles. The molecule has 0 amide bonds. The lowest BCUT2D eigenvalue weighted by Crippen LogP contribution is -2.37. The second-order valence-electron chi connectivity index (χ2n) is 5.15. The van der Waals surface area contributed by atoms with Gasteiger partial charge in [0.25, 0.3) is 0 Å². The fourth-order valence-electron chi connectivity index (χ4n) is 2.08. The second kappa shape index (κ2) is 6.01. The van der Waals surface area contributed by atoms with Gasteiger partial charge in [-0.1, -0.05) is 0 Å². The Kier molecular flexibility index (Phi) is 4.36. The van der Waals surface area contributed by atoms with Gasteiger partial charge in [-0.25, -0.2) is 0 Å². The molecule has 7 heteroatoms. The van der Waals surface area contributed by atoms with Crippen LogP contribution in [0, 0.1) is 0 Å². The topological polar surface area (TPSA) is 69.2 Å². The van der Waals surface area contributed by atoms with E-state index in [9.17, 15) is 0 Å². The van der Waals surface area contributed by atoms with E-state index in [-0.39, 0.29) is 0 Å². The van der Waals surface area contributed by atoms with Crippen LogP contribution in [0.4, 0.5) is 17.8 Å². The van der Waals surface area contributed by atoms with E-state index in [4.69, 9.17) is 0 Å². The van der Waals surface area contributed by atoms with Crippen LogP contribution in [0.3, 0.4) is 0 Å². The molecule has 0 bridgehead atoms. The van der Waals surface area contributed by atoms with Crippen LogP contribution in [0.25, 0.3) is 0 Å². The molecule has 19 heavy (non-hydrogen) atoms. The molecular formula is C12H23N7. The fourth-order valence-corrected chi connectivity index (χ4v) is 2.08. The van der Waals surface area contributed by atoms with Gasteiger partial charge in [0.1, 0.15) is 0 Å². The zero-order valence-electron chi connectivity index (χ0n) is 12.1. The molecule has 1 aromatic heterocycles. The summed E-state index contributed by atoms with van der Waals surface area (Å²) in [5, 5.41) is 6.39. The monoisotopic (exact) mass is 265 g/mol. The van der Waals surface area contributed by atoms with Gasteiger partial charge in [-0.2, -0.15) is 15.0 Å². The van der Waals surface area contributed by atoms with Crippen LogP contribution in [0.5, 0.6) is 0 Å². The van der Waals surface area contributed by atoms with Gasteiger partial charge in [0.05, 0.1) is 0 Å². The van der Waals surface area contributed by atoms with Crippen LogP contribution in [0.15, 0.2) is 0 Å². The molecule has 0 unspecified atom stereocenters. The lowest BCUT2D eigenvalue weighted by Gasteiger charge is -2.29. The summed E-state index contributed by atoms with van der Waals surface area (Å²) < 4.78 is 0. The summed E-state index contributed by atoms with van der Waals surface area (Å²) in [5.41, 5.74) is 0. The summed E-state index contributed by atoms with van der Waals surface area (Å²) in [4.78, 5) is 17.3. The van der Waals surface area contributed by atoms with Crippen LogP contribution in [-0.2, 0) is 0 Å². The summed E-state index contributed by atoms with van der Waals surface area (Å²) in [6.45, 7) is 2.23. The smallest absolute Gasteiger partial charge is 0.231 e. The maximum absolute atomic E-state index is 4.43. The molecule has 1 aromatic rings. The normalized spacial score (nSPS) is 17.3. The third-order valence-corrected chi connectivity index (χ3v) is 3.30. The first kappa shape index (κ1) is 13.8. The van der Waals surface area contributed by atoms with Crippen molar-refractivity contribution in [3.63, 3.8) is 0 Å². The number of piperidine rings is 1. The first-order valence-electron chi connectivity index (χ1n) is 6.64. The summed E-state index contributed by atoms with van der Waals surface area (Å²) in [6.07, 6.45) is 2.24. The van der Waals surface area contributed by atoms with Gasteiger partial charge in [-0.3, -0.25) is 0 Å². The highest BCUT2D eigenvalue weighted by Crippen LogP contribution is 2.16. The Balaban J connectivity index is 2.08. The van der Waals surface area contributed by atoms with Crippen LogP contribution in [0.2, 0.25) is 0 Å². The van der Waals surface area contributed by atoms with E-state index in [0.29, 0.717) is 23.9 Å². The first-order chi connectivity index (χ1) is 9.08. The Labute approximate surface area is 114 Å². The molecule has 0 atom stereocenters. The number of aromatic nitrogens is 3.